The van der Waals surface area contributed by atoms with Gasteiger partial charge in [-0.25, -0.2) is 17.7 Å². The van der Waals surface area contributed by atoms with Crippen LogP contribution < -0.4 is 0 Å². The molecule has 1 amide bonds. The first kappa shape index (κ1) is 22.0. The van der Waals surface area contributed by atoms with E-state index in [-0.39, 0.29) is 16.8 Å². The maximum absolute atomic E-state index is 13.0. The van der Waals surface area contributed by atoms with Gasteiger partial charge in [-0.05, 0) is 49.4 Å². The summed E-state index contributed by atoms with van der Waals surface area (Å²) in [5.41, 5.74) is 1.53. The summed E-state index contributed by atoms with van der Waals surface area (Å²) in [5, 5.41) is 2.06. The zero-order valence-electron chi connectivity index (χ0n) is 18.1. The monoisotopic (exact) mass is 460 g/mol. The number of carbonyl (C=O) groups excluding carboxylic acids is 1. The maximum atomic E-state index is 13.0. The van der Waals surface area contributed by atoms with Gasteiger partial charge in [-0.3, -0.25) is 4.79 Å². The minimum atomic E-state index is -3.52. The third-order valence-corrected chi connectivity index (χ3v) is 8.69. The van der Waals surface area contributed by atoms with Crippen LogP contribution in [0.25, 0.3) is 11.0 Å². The minimum Gasteiger partial charge on any atom is -0.335 e. The largest absolute Gasteiger partial charge is 0.335 e. The fraction of sp³-hybridized carbons (Fsp3) is 0.455. The summed E-state index contributed by atoms with van der Waals surface area (Å²) in [6.07, 6.45) is 2.98. The van der Waals surface area contributed by atoms with Crippen LogP contribution in [0.4, 0.5) is 0 Å². The molecule has 3 aromatic rings. The van der Waals surface area contributed by atoms with E-state index in [0.29, 0.717) is 24.9 Å². The van der Waals surface area contributed by atoms with Crippen LogP contribution >= 0.6 is 11.3 Å². The molecule has 0 saturated carbocycles. The third-order valence-electron chi connectivity index (χ3n) is 5.90. The van der Waals surface area contributed by atoms with E-state index in [9.17, 15) is 13.2 Å². The molecule has 3 heterocycles. The summed E-state index contributed by atoms with van der Waals surface area (Å²) in [4.78, 5) is 21.2. The Labute approximate surface area is 187 Å². The van der Waals surface area contributed by atoms with Crippen molar-refractivity contribution >= 4 is 38.3 Å². The van der Waals surface area contributed by atoms with Gasteiger partial charge >= 0.3 is 0 Å². The number of sulfonamides is 1. The Bertz CT molecular complexity index is 1180. The third kappa shape index (κ3) is 4.14. The van der Waals surface area contributed by atoms with Crippen LogP contribution in [-0.2, 0) is 27.8 Å². The molecule has 1 aliphatic heterocycles. The number of rotatable bonds is 7. The topological polar surface area (TPSA) is 75.5 Å². The van der Waals surface area contributed by atoms with E-state index in [2.05, 4.69) is 16.0 Å². The number of amides is 1. The van der Waals surface area contributed by atoms with Crippen LogP contribution in [0.1, 0.15) is 42.9 Å². The zero-order chi connectivity index (χ0) is 22.2. The van der Waals surface area contributed by atoms with Gasteiger partial charge in [-0.1, -0.05) is 6.07 Å². The number of aromatic nitrogens is 2. The highest BCUT2D eigenvalue weighted by atomic mass is 32.2. The van der Waals surface area contributed by atoms with Crippen molar-refractivity contribution in [3.8, 4) is 0 Å². The Morgan fingerprint density at radius 2 is 2.10 bits per heavy atom. The van der Waals surface area contributed by atoms with Crippen molar-refractivity contribution < 1.29 is 13.2 Å². The van der Waals surface area contributed by atoms with Gasteiger partial charge in [0.15, 0.2) is 0 Å². The molecule has 1 atom stereocenters. The maximum Gasteiger partial charge on any atom is 0.242 e. The number of fused-ring (bicyclic) bond motifs is 1. The fourth-order valence-corrected chi connectivity index (χ4v) is 6.07. The molecule has 0 spiro atoms. The van der Waals surface area contributed by atoms with E-state index in [1.54, 1.807) is 29.5 Å². The average Bonchev–Trinajstić information content (AvgIpc) is 3.49. The van der Waals surface area contributed by atoms with Gasteiger partial charge in [0.2, 0.25) is 15.9 Å². The number of carbonyl (C=O) groups is 1. The van der Waals surface area contributed by atoms with Crippen LogP contribution in [0.15, 0.2) is 40.6 Å². The fourth-order valence-electron chi connectivity index (χ4n) is 4.28. The highest BCUT2D eigenvalue weighted by Gasteiger charge is 2.30. The number of benzene rings is 1. The molecule has 0 N–H and O–H groups in total. The van der Waals surface area contributed by atoms with Gasteiger partial charge < -0.3 is 9.47 Å². The molecule has 1 unspecified atom stereocenters. The molecule has 4 rings (SSSR count). The predicted octanol–water partition coefficient (Wildman–Crippen LogP) is 3.66. The number of hydrogen-bond acceptors (Lipinski definition) is 5. The highest BCUT2D eigenvalue weighted by Crippen LogP contribution is 2.35. The number of imidazole rings is 1. The standard InChI is InChI=1S/C22H28N4O3S2/c1-4-25-18-10-9-16(31(28,29)24(2)3)15-17(18)23-21(25)11-12-22(27)26-13-5-7-19(26)20-8-6-14-30-20/h6,8-10,14-15,19H,4-5,7,11-13H2,1-3H3. The summed E-state index contributed by atoms with van der Waals surface area (Å²) in [5.74, 6) is 0.971. The van der Waals surface area contributed by atoms with Gasteiger partial charge in [-0.2, -0.15) is 0 Å². The second-order valence-corrected chi connectivity index (χ2v) is 11.1. The van der Waals surface area contributed by atoms with Crippen molar-refractivity contribution in [2.45, 2.75) is 50.1 Å². The van der Waals surface area contributed by atoms with Crippen molar-refractivity contribution in [2.75, 3.05) is 20.6 Å². The first-order chi connectivity index (χ1) is 14.8. The lowest BCUT2D eigenvalue weighted by molar-refractivity contribution is -0.132. The van der Waals surface area contributed by atoms with Crippen molar-refractivity contribution in [1.82, 2.24) is 18.8 Å². The van der Waals surface area contributed by atoms with Gasteiger partial charge in [0.25, 0.3) is 0 Å². The van der Waals surface area contributed by atoms with Crippen LogP contribution in [0.3, 0.4) is 0 Å². The molecule has 9 heteroatoms. The van der Waals surface area contributed by atoms with Crippen LogP contribution in [0.5, 0.6) is 0 Å². The summed E-state index contributed by atoms with van der Waals surface area (Å²) >= 11 is 1.71. The molecule has 2 aromatic heterocycles. The molecule has 1 fully saturated rings. The summed E-state index contributed by atoms with van der Waals surface area (Å²) in [6.45, 7) is 3.54. The quantitative estimate of drug-likeness (QED) is 0.539. The molecule has 166 valence electrons. The number of hydrogen-bond donors (Lipinski definition) is 0. The summed E-state index contributed by atoms with van der Waals surface area (Å²) < 4.78 is 28.2. The van der Waals surface area contributed by atoms with E-state index in [1.165, 1.54) is 23.3 Å². The number of likely N-dealkylation sites (tertiary alicyclic amines) is 1. The molecule has 31 heavy (non-hydrogen) atoms. The van der Waals surface area contributed by atoms with E-state index in [1.807, 2.05) is 17.9 Å². The normalized spacial score (nSPS) is 17.2. The average molecular weight is 461 g/mol. The van der Waals surface area contributed by atoms with E-state index in [4.69, 9.17) is 4.98 Å². The van der Waals surface area contributed by atoms with Gasteiger partial charge in [0.05, 0.1) is 22.0 Å². The lowest BCUT2D eigenvalue weighted by Crippen LogP contribution is -2.30. The first-order valence-corrected chi connectivity index (χ1v) is 12.9. The Hall–Kier alpha value is -2.23. The highest BCUT2D eigenvalue weighted by molar-refractivity contribution is 7.89. The molecular weight excluding hydrogens is 432 g/mol. The number of nitrogens with zero attached hydrogens (tertiary/aromatic N) is 4. The predicted molar refractivity (Wildman–Crippen MR) is 123 cm³/mol. The molecule has 0 aliphatic carbocycles. The van der Waals surface area contributed by atoms with Gasteiger partial charge in [0.1, 0.15) is 5.82 Å². The van der Waals surface area contributed by atoms with Gasteiger partial charge in [-0.15, -0.1) is 11.3 Å². The second kappa shape index (κ2) is 8.72. The summed E-state index contributed by atoms with van der Waals surface area (Å²) in [6, 6.07) is 9.38. The number of thiophene rings is 1. The van der Waals surface area contributed by atoms with Crippen molar-refractivity contribution in [3.05, 3.63) is 46.4 Å². The Morgan fingerprint density at radius 1 is 1.29 bits per heavy atom. The van der Waals surface area contributed by atoms with Crippen LogP contribution in [0.2, 0.25) is 0 Å². The van der Waals surface area contributed by atoms with Crippen molar-refractivity contribution in [3.63, 3.8) is 0 Å². The Balaban J connectivity index is 1.55. The molecule has 1 aliphatic rings. The molecule has 0 bridgehead atoms. The van der Waals surface area contributed by atoms with E-state index >= 15 is 0 Å². The number of aryl methyl sites for hydroxylation is 2. The van der Waals surface area contributed by atoms with Crippen molar-refractivity contribution in [2.24, 2.45) is 0 Å². The SMILES string of the molecule is CCn1c(CCC(=O)N2CCCC2c2cccs2)nc2cc(S(=O)(=O)N(C)C)ccc21. The Kier molecular flexibility index (Phi) is 6.18. The minimum absolute atomic E-state index is 0.154. The molecule has 0 radical (unpaired) electrons. The van der Waals surface area contributed by atoms with E-state index in [0.717, 1.165) is 30.7 Å². The molecule has 1 saturated heterocycles. The van der Waals surface area contributed by atoms with E-state index < -0.39 is 10.0 Å². The van der Waals surface area contributed by atoms with Crippen LogP contribution in [-0.4, -0.2) is 53.7 Å². The lowest BCUT2D eigenvalue weighted by atomic mass is 10.1. The smallest absolute Gasteiger partial charge is 0.242 e. The zero-order valence-corrected chi connectivity index (χ0v) is 19.7. The van der Waals surface area contributed by atoms with Gasteiger partial charge in [0, 0.05) is 44.9 Å². The molecular formula is C22H28N4O3S2. The lowest BCUT2D eigenvalue weighted by Gasteiger charge is -2.24. The molecule has 7 nitrogen and oxygen atoms in total. The van der Waals surface area contributed by atoms with Crippen LogP contribution in [0, 0.1) is 0 Å². The first-order valence-electron chi connectivity index (χ1n) is 10.6. The summed E-state index contributed by atoms with van der Waals surface area (Å²) in [7, 11) is -0.485. The molecule has 1 aromatic carbocycles. The Morgan fingerprint density at radius 3 is 2.77 bits per heavy atom. The van der Waals surface area contributed by atoms with Crippen molar-refractivity contribution in [1.29, 1.82) is 0 Å². The second-order valence-electron chi connectivity index (χ2n) is 7.97.